The molecule has 0 saturated heterocycles. The van der Waals surface area contributed by atoms with E-state index >= 15 is 0 Å². The Labute approximate surface area is 152 Å². The molecular formula is C23H34F2. The van der Waals surface area contributed by atoms with Crippen LogP contribution in [0.15, 0.2) is 12.1 Å². The van der Waals surface area contributed by atoms with Gasteiger partial charge in [0.25, 0.3) is 0 Å². The fraction of sp³-hybridized carbons (Fsp3) is 0.739. The van der Waals surface area contributed by atoms with Gasteiger partial charge in [0, 0.05) is 5.56 Å². The first-order chi connectivity index (χ1) is 12.1. The zero-order valence-electron chi connectivity index (χ0n) is 16.0. The van der Waals surface area contributed by atoms with E-state index in [1.807, 2.05) is 0 Å². The SMILES string of the molecule is CCCCC1CCC(C2CCC(c3cc(F)c(C)c(F)c3)CC2)CC1. The summed E-state index contributed by atoms with van der Waals surface area (Å²) >= 11 is 0. The minimum absolute atomic E-state index is 0.150. The standard InChI is InChI=1S/C23H34F2/c1-3-4-5-17-6-8-18(9-7-17)19-10-12-20(13-11-19)21-14-22(24)16(2)23(25)15-21/h14-15,17-20H,3-13H2,1-2H3. The average Bonchev–Trinajstić information content (AvgIpc) is 2.64. The summed E-state index contributed by atoms with van der Waals surface area (Å²) in [5.74, 6) is 2.31. The molecule has 1 aromatic rings. The van der Waals surface area contributed by atoms with Crippen LogP contribution in [0.25, 0.3) is 0 Å². The summed E-state index contributed by atoms with van der Waals surface area (Å²) < 4.78 is 27.7. The maximum absolute atomic E-state index is 13.8. The van der Waals surface area contributed by atoms with Crippen molar-refractivity contribution in [2.45, 2.75) is 90.4 Å². The molecule has 140 valence electrons. The molecule has 0 heterocycles. The van der Waals surface area contributed by atoms with Crippen LogP contribution in [0, 0.1) is 36.3 Å². The fourth-order valence-corrected chi connectivity index (χ4v) is 5.27. The topological polar surface area (TPSA) is 0 Å². The molecule has 0 amide bonds. The van der Waals surface area contributed by atoms with E-state index in [4.69, 9.17) is 0 Å². The molecule has 0 N–H and O–H groups in total. The second kappa shape index (κ2) is 8.64. The van der Waals surface area contributed by atoms with E-state index in [-0.39, 0.29) is 17.2 Å². The van der Waals surface area contributed by atoms with Crippen molar-refractivity contribution >= 4 is 0 Å². The van der Waals surface area contributed by atoms with Crippen LogP contribution < -0.4 is 0 Å². The Bertz CT molecular complexity index is 526. The zero-order valence-corrected chi connectivity index (χ0v) is 16.0. The molecule has 0 atom stereocenters. The van der Waals surface area contributed by atoms with Crippen LogP contribution in [0.5, 0.6) is 0 Å². The number of hydrogen-bond donors (Lipinski definition) is 0. The van der Waals surface area contributed by atoms with E-state index in [0.29, 0.717) is 5.92 Å². The van der Waals surface area contributed by atoms with Gasteiger partial charge >= 0.3 is 0 Å². The lowest BCUT2D eigenvalue weighted by Crippen LogP contribution is -2.25. The highest BCUT2D eigenvalue weighted by Gasteiger charge is 2.31. The van der Waals surface area contributed by atoms with Gasteiger partial charge in [0.15, 0.2) is 0 Å². The first kappa shape index (κ1) is 18.9. The highest BCUT2D eigenvalue weighted by Crippen LogP contribution is 2.44. The summed E-state index contributed by atoms with van der Waals surface area (Å²) in [5, 5.41) is 0. The van der Waals surface area contributed by atoms with Crippen molar-refractivity contribution in [1.82, 2.24) is 0 Å². The van der Waals surface area contributed by atoms with Gasteiger partial charge in [0.1, 0.15) is 11.6 Å². The molecule has 3 rings (SSSR count). The molecule has 2 fully saturated rings. The second-order valence-corrected chi connectivity index (χ2v) is 8.64. The predicted octanol–water partition coefficient (Wildman–Crippen LogP) is 7.54. The molecule has 1 aromatic carbocycles. The van der Waals surface area contributed by atoms with Crippen molar-refractivity contribution in [1.29, 1.82) is 0 Å². The first-order valence-electron chi connectivity index (χ1n) is 10.5. The maximum atomic E-state index is 13.8. The second-order valence-electron chi connectivity index (χ2n) is 8.64. The summed E-state index contributed by atoms with van der Waals surface area (Å²) in [6, 6.07) is 3.14. The van der Waals surface area contributed by atoms with Crippen LogP contribution in [0.3, 0.4) is 0 Å². The quantitative estimate of drug-likeness (QED) is 0.515. The van der Waals surface area contributed by atoms with E-state index in [1.54, 1.807) is 12.1 Å². The van der Waals surface area contributed by atoms with E-state index in [2.05, 4.69) is 6.92 Å². The van der Waals surface area contributed by atoms with Gasteiger partial charge in [-0.05, 0) is 86.8 Å². The van der Waals surface area contributed by atoms with Crippen LogP contribution in [-0.2, 0) is 0 Å². The molecule has 0 aromatic heterocycles. The van der Waals surface area contributed by atoms with Gasteiger partial charge in [0.2, 0.25) is 0 Å². The Morgan fingerprint density at radius 1 is 0.840 bits per heavy atom. The van der Waals surface area contributed by atoms with Crippen LogP contribution in [0.1, 0.15) is 94.6 Å². The van der Waals surface area contributed by atoms with Gasteiger partial charge in [-0.2, -0.15) is 0 Å². The van der Waals surface area contributed by atoms with E-state index in [9.17, 15) is 8.78 Å². The highest BCUT2D eigenvalue weighted by molar-refractivity contribution is 5.28. The monoisotopic (exact) mass is 348 g/mol. The summed E-state index contributed by atoms with van der Waals surface area (Å²) in [6.45, 7) is 3.80. The average molecular weight is 349 g/mol. The van der Waals surface area contributed by atoms with Crippen molar-refractivity contribution in [3.8, 4) is 0 Å². The lowest BCUT2D eigenvalue weighted by atomic mass is 9.68. The van der Waals surface area contributed by atoms with Crippen molar-refractivity contribution in [2.24, 2.45) is 17.8 Å². The van der Waals surface area contributed by atoms with Crippen molar-refractivity contribution < 1.29 is 8.78 Å². The molecule has 0 nitrogen and oxygen atoms in total. The molecule has 2 saturated carbocycles. The number of unbranched alkanes of at least 4 members (excludes halogenated alkanes) is 1. The summed E-state index contributed by atoms with van der Waals surface area (Å²) in [4.78, 5) is 0. The number of rotatable bonds is 5. The van der Waals surface area contributed by atoms with Gasteiger partial charge < -0.3 is 0 Å². The fourth-order valence-electron chi connectivity index (χ4n) is 5.27. The summed E-state index contributed by atoms with van der Waals surface area (Å²) in [7, 11) is 0. The Balaban J connectivity index is 1.49. The molecule has 0 unspecified atom stereocenters. The van der Waals surface area contributed by atoms with Crippen molar-refractivity contribution in [3.63, 3.8) is 0 Å². The highest BCUT2D eigenvalue weighted by atomic mass is 19.1. The minimum atomic E-state index is -0.387. The third-order valence-electron chi connectivity index (χ3n) is 7.07. The van der Waals surface area contributed by atoms with Crippen molar-refractivity contribution in [2.75, 3.05) is 0 Å². The molecule has 0 radical (unpaired) electrons. The van der Waals surface area contributed by atoms with Crippen LogP contribution in [0.2, 0.25) is 0 Å². The molecule has 2 aliphatic carbocycles. The predicted molar refractivity (Wildman–Crippen MR) is 101 cm³/mol. The van der Waals surface area contributed by atoms with Gasteiger partial charge in [-0.3, -0.25) is 0 Å². The van der Waals surface area contributed by atoms with E-state index in [0.717, 1.165) is 36.2 Å². The van der Waals surface area contributed by atoms with Gasteiger partial charge in [-0.1, -0.05) is 39.0 Å². The third kappa shape index (κ3) is 4.63. The number of hydrogen-bond acceptors (Lipinski definition) is 0. The van der Waals surface area contributed by atoms with E-state index < -0.39 is 0 Å². The van der Waals surface area contributed by atoms with Crippen molar-refractivity contribution in [3.05, 3.63) is 34.9 Å². The zero-order chi connectivity index (χ0) is 17.8. The summed E-state index contributed by atoms with van der Waals surface area (Å²) in [5.41, 5.74) is 1.03. The lowest BCUT2D eigenvalue weighted by Gasteiger charge is -2.38. The normalized spacial score (nSPS) is 30.4. The number of benzene rings is 1. The largest absolute Gasteiger partial charge is 0.207 e. The Hall–Kier alpha value is -0.920. The Kier molecular flexibility index (Phi) is 6.52. The van der Waals surface area contributed by atoms with E-state index in [1.165, 1.54) is 64.7 Å². The Morgan fingerprint density at radius 3 is 1.88 bits per heavy atom. The molecule has 25 heavy (non-hydrogen) atoms. The molecular weight excluding hydrogens is 314 g/mol. The molecule has 0 spiro atoms. The Morgan fingerprint density at radius 2 is 1.36 bits per heavy atom. The molecule has 2 heteroatoms. The van der Waals surface area contributed by atoms with Gasteiger partial charge in [-0.15, -0.1) is 0 Å². The summed E-state index contributed by atoms with van der Waals surface area (Å²) in [6.07, 6.45) is 14.5. The minimum Gasteiger partial charge on any atom is -0.207 e. The smallest absolute Gasteiger partial charge is 0.129 e. The maximum Gasteiger partial charge on any atom is 0.129 e. The first-order valence-corrected chi connectivity index (χ1v) is 10.5. The molecule has 0 aliphatic heterocycles. The van der Waals surface area contributed by atoms with Crippen LogP contribution in [-0.4, -0.2) is 0 Å². The van der Waals surface area contributed by atoms with Gasteiger partial charge in [0.05, 0.1) is 0 Å². The molecule has 0 bridgehead atoms. The number of halogens is 2. The third-order valence-corrected chi connectivity index (χ3v) is 7.07. The lowest BCUT2D eigenvalue weighted by molar-refractivity contribution is 0.156. The van der Waals surface area contributed by atoms with Crippen LogP contribution in [0.4, 0.5) is 8.78 Å². The van der Waals surface area contributed by atoms with Crippen LogP contribution >= 0.6 is 0 Å². The molecule has 2 aliphatic rings. The van der Waals surface area contributed by atoms with Gasteiger partial charge in [-0.25, -0.2) is 8.78 Å².